The lowest BCUT2D eigenvalue weighted by Crippen LogP contribution is -2.57. The lowest BCUT2D eigenvalue weighted by atomic mass is 9.90. The van der Waals surface area contributed by atoms with Gasteiger partial charge in [0.1, 0.15) is 17.7 Å². The number of carbonyl (C=O) groups is 1. The predicted molar refractivity (Wildman–Crippen MR) is 88.5 cm³/mol. The SMILES string of the molecule is C[C@H]1C(F)CN1c1nc(N2CC(CC(=O)O)C2)c2c(n1)C(F)(F)CCC2. The van der Waals surface area contributed by atoms with Crippen LogP contribution in [0.2, 0.25) is 0 Å². The summed E-state index contributed by atoms with van der Waals surface area (Å²) >= 11 is 0. The third-order valence-corrected chi connectivity index (χ3v) is 5.60. The number of carboxylic acid groups (broad SMARTS) is 1. The molecule has 0 aromatic carbocycles. The van der Waals surface area contributed by atoms with Gasteiger partial charge in [0.15, 0.2) is 0 Å². The van der Waals surface area contributed by atoms with Gasteiger partial charge in [0, 0.05) is 31.0 Å². The van der Waals surface area contributed by atoms with Crippen LogP contribution in [0.5, 0.6) is 0 Å². The van der Waals surface area contributed by atoms with Gasteiger partial charge in [-0.1, -0.05) is 0 Å². The van der Waals surface area contributed by atoms with E-state index >= 15 is 0 Å². The first-order chi connectivity index (χ1) is 12.3. The molecule has 1 aromatic rings. The average Bonchev–Trinajstić information content (AvgIpc) is 2.54. The number of hydrogen-bond acceptors (Lipinski definition) is 5. The lowest BCUT2D eigenvalue weighted by Gasteiger charge is -2.45. The van der Waals surface area contributed by atoms with Gasteiger partial charge in [0.25, 0.3) is 5.92 Å². The first-order valence-corrected chi connectivity index (χ1v) is 8.93. The molecule has 1 unspecified atom stereocenters. The lowest BCUT2D eigenvalue weighted by molar-refractivity contribution is -0.138. The molecule has 2 atom stereocenters. The summed E-state index contributed by atoms with van der Waals surface area (Å²) in [4.78, 5) is 22.9. The topological polar surface area (TPSA) is 69.6 Å². The monoisotopic (exact) mass is 370 g/mol. The van der Waals surface area contributed by atoms with Gasteiger partial charge in [-0.3, -0.25) is 4.79 Å². The molecule has 4 rings (SSSR count). The van der Waals surface area contributed by atoms with Gasteiger partial charge in [-0.15, -0.1) is 0 Å². The summed E-state index contributed by atoms with van der Waals surface area (Å²) < 4.78 is 42.5. The number of nitrogens with zero attached hydrogens (tertiary/aromatic N) is 4. The Balaban J connectivity index is 1.67. The van der Waals surface area contributed by atoms with E-state index in [1.165, 1.54) is 0 Å². The Hall–Kier alpha value is -2.06. The van der Waals surface area contributed by atoms with Gasteiger partial charge < -0.3 is 14.9 Å². The largest absolute Gasteiger partial charge is 0.481 e. The van der Waals surface area contributed by atoms with Crippen molar-refractivity contribution in [2.75, 3.05) is 29.4 Å². The van der Waals surface area contributed by atoms with Crippen molar-refractivity contribution < 1.29 is 23.1 Å². The average molecular weight is 370 g/mol. The van der Waals surface area contributed by atoms with E-state index in [-0.39, 0.29) is 36.9 Å². The molecule has 0 bridgehead atoms. The molecule has 142 valence electrons. The van der Waals surface area contributed by atoms with Crippen molar-refractivity contribution in [1.82, 2.24) is 9.97 Å². The molecule has 26 heavy (non-hydrogen) atoms. The molecule has 2 saturated heterocycles. The van der Waals surface area contributed by atoms with Crippen LogP contribution in [0.25, 0.3) is 0 Å². The van der Waals surface area contributed by atoms with Gasteiger partial charge in [-0.25, -0.2) is 9.37 Å². The van der Waals surface area contributed by atoms with Crippen molar-refractivity contribution in [3.63, 3.8) is 0 Å². The third-order valence-electron chi connectivity index (χ3n) is 5.60. The van der Waals surface area contributed by atoms with Crippen LogP contribution in [0.4, 0.5) is 24.9 Å². The van der Waals surface area contributed by atoms with Crippen LogP contribution in [0.3, 0.4) is 0 Å². The second kappa shape index (κ2) is 5.99. The normalized spacial score (nSPS) is 27.5. The molecule has 6 nitrogen and oxygen atoms in total. The van der Waals surface area contributed by atoms with E-state index in [1.807, 2.05) is 4.90 Å². The summed E-state index contributed by atoms with van der Waals surface area (Å²) in [6, 6.07) is -0.436. The molecule has 1 N–H and O–H groups in total. The minimum Gasteiger partial charge on any atom is -0.481 e. The first kappa shape index (κ1) is 17.4. The number of carboxylic acids is 1. The number of aliphatic carboxylic acids is 1. The Morgan fingerprint density at radius 3 is 2.65 bits per heavy atom. The molecule has 9 heteroatoms. The number of halogens is 3. The molecule has 3 aliphatic rings. The Labute approximate surface area is 149 Å². The highest BCUT2D eigenvalue weighted by atomic mass is 19.3. The van der Waals surface area contributed by atoms with Crippen LogP contribution < -0.4 is 9.80 Å². The third kappa shape index (κ3) is 2.77. The Morgan fingerprint density at radius 1 is 1.31 bits per heavy atom. The van der Waals surface area contributed by atoms with Crippen molar-refractivity contribution in [3.05, 3.63) is 11.3 Å². The zero-order valence-electron chi connectivity index (χ0n) is 14.5. The Kier molecular flexibility index (Phi) is 4.00. The zero-order valence-corrected chi connectivity index (χ0v) is 14.5. The highest BCUT2D eigenvalue weighted by Gasteiger charge is 2.44. The van der Waals surface area contributed by atoms with Gasteiger partial charge in [-0.2, -0.15) is 13.8 Å². The fourth-order valence-corrected chi connectivity index (χ4v) is 3.94. The summed E-state index contributed by atoms with van der Waals surface area (Å²) in [5.41, 5.74) is 0.198. The van der Waals surface area contributed by atoms with Crippen molar-refractivity contribution in [2.24, 2.45) is 5.92 Å². The van der Waals surface area contributed by atoms with Crippen molar-refractivity contribution >= 4 is 17.7 Å². The van der Waals surface area contributed by atoms with Gasteiger partial charge in [-0.05, 0) is 19.8 Å². The molecule has 1 aromatic heterocycles. The van der Waals surface area contributed by atoms with Crippen LogP contribution in [0, 0.1) is 5.92 Å². The van der Waals surface area contributed by atoms with E-state index in [0.717, 1.165) is 0 Å². The summed E-state index contributed by atoms with van der Waals surface area (Å²) in [5, 5.41) is 8.89. The van der Waals surface area contributed by atoms with E-state index in [2.05, 4.69) is 9.97 Å². The highest BCUT2D eigenvalue weighted by molar-refractivity contribution is 5.68. The molecule has 3 heterocycles. The Morgan fingerprint density at radius 2 is 2.04 bits per heavy atom. The fraction of sp³-hybridized carbons (Fsp3) is 0.706. The van der Waals surface area contributed by atoms with Gasteiger partial charge in [0.05, 0.1) is 19.0 Å². The molecule has 1 aliphatic carbocycles. The molecule has 0 saturated carbocycles. The molecular weight excluding hydrogens is 349 g/mol. The molecule has 2 fully saturated rings. The number of anilines is 2. The zero-order chi connectivity index (χ0) is 18.6. The van der Waals surface area contributed by atoms with Gasteiger partial charge in [0.2, 0.25) is 5.95 Å². The summed E-state index contributed by atoms with van der Waals surface area (Å²) in [5.74, 6) is -3.29. The maximum atomic E-state index is 14.5. The standard InChI is InChI=1S/C17H21F3N4O2/c1-9-12(18)8-24(9)16-21-14-11(3-2-4-17(14,19)20)15(22-16)23-6-10(7-23)5-13(25)26/h9-10,12H,2-8H2,1H3,(H,25,26)/t9-,12?/m0/s1. The van der Waals surface area contributed by atoms with E-state index in [4.69, 9.17) is 5.11 Å². The number of hydrogen-bond donors (Lipinski definition) is 1. The van der Waals surface area contributed by atoms with Crippen LogP contribution in [0.1, 0.15) is 37.4 Å². The minimum absolute atomic E-state index is 0.0104. The predicted octanol–water partition coefficient (Wildman–Crippen LogP) is 2.36. The second-order valence-electron chi connectivity index (χ2n) is 7.51. The number of fused-ring (bicyclic) bond motifs is 1. The molecule has 0 radical (unpaired) electrons. The van der Waals surface area contributed by atoms with Crippen LogP contribution in [0.15, 0.2) is 0 Å². The molecule has 0 amide bonds. The van der Waals surface area contributed by atoms with Crippen LogP contribution in [-0.2, 0) is 17.1 Å². The smallest absolute Gasteiger partial charge is 0.303 e. The number of rotatable bonds is 4. The van der Waals surface area contributed by atoms with Crippen molar-refractivity contribution in [1.29, 1.82) is 0 Å². The van der Waals surface area contributed by atoms with Crippen molar-refractivity contribution in [3.8, 4) is 0 Å². The van der Waals surface area contributed by atoms with E-state index < -0.39 is 24.1 Å². The summed E-state index contributed by atoms with van der Waals surface area (Å²) in [6.07, 6.45) is -0.378. The maximum Gasteiger partial charge on any atom is 0.303 e. The van der Waals surface area contributed by atoms with E-state index in [1.54, 1.807) is 11.8 Å². The van der Waals surface area contributed by atoms with Crippen molar-refractivity contribution in [2.45, 2.75) is 50.7 Å². The summed E-state index contributed by atoms with van der Waals surface area (Å²) in [7, 11) is 0. The summed E-state index contributed by atoms with van der Waals surface area (Å²) in [6.45, 7) is 2.73. The second-order valence-corrected chi connectivity index (χ2v) is 7.51. The first-order valence-electron chi connectivity index (χ1n) is 8.93. The van der Waals surface area contributed by atoms with Crippen LogP contribution in [-0.4, -0.2) is 52.9 Å². The van der Waals surface area contributed by atoms with Gasteiger partial charge >= 0.3 is 5.97 Å². The molecular formula is C17H21F3N4O2. The van der Waals surface area contributed by atoms with E-state index in [9.17, 15) is 18.0 Å². The number of aromatic nitrogens is 2. The minimum atomic E-state index is -3.02. The van der Waals surface area contributed by atoms with E-state index in [0.29, 0.717) is 37.3 Å². The Bertz CT molecular complexity index is 739. The molecule has 2 aliphatic heterocycles. The fourth-order valence-electron chi connectivity index (χ4n) is 3.94. The maximum absolute atomic E-state index is 14.5. The van der Waals surface area contributed by atoms with Crippen LogP contribution >= 0.6 is 0 Å². The quantitative estimate of drug-likeness (QED) is 0.878. The highest BCUT2D eigenvalue weighted by Crippen LogP contribution is 2.44. The number of alkyl halides is 3. The molecule has 0 spiro atoms.